The molecule has 0 radical (unpaired) electrons. The van der Waals surface area contributed by atoms with Crippen LogP contribution in [-0.4, -0.2) is 22.7 Å². The predicted octanol–water partition coefficient (Wildman–Crippen LogP) is 6.87. The highest BCUT2D eigenvalue weighted by Gasteiger charge is 2.44. The average molecular weight is 425 g/mol. The molecule has 0 spiro atoms. The molecule has 2 aliphatic carbocycles. The zero-order valence-electron chi connectivity index (χ0n) is 19.1. The highest BCUT2D eigenvalue weighted by molar-refractivity contribution is 4.92. The third-order valence-corrected chi connectivity index (χ3v) is 5.64. The van der Waals surface area contributed by atoms with Crippen molar-refractivity contribution < 1.29 is 19.6 Å². The van der Waals surface area contributed by atoms with Gasteiger partial charge in [0.15, 0.2) is 11.4 Å². The Kier molecular flexibility index (Phi) is 8.02. The van der Waals surface area contributed by atoms with Crippen LogP contribution in [0.1, 0.15) is 92.9 Å². The first kappa shape index (κ1) is 24.7. The zero-order valence-corrected chi connectivity index (χ0v) is 19.1. The van der Waals surface area contributed by atoms with Crippen LogP contribution >= 0.6 is 0 Å². The fraction of sp³-hybridized carbons (Fsp3) is 1.00. The number of hydrogen-bond acceptors (Lipinski definition) is 6. The molecular weight excluding hydrogens is 388 g/mol. The van der Waals surface area contributed by atoms with Crippen LogP contribution in [0.2, 0.25) is 0 Å². The SMILES string of the molecule is CC(C)(C)OOC1(N=[N+]=[N-])CCC(C2CCC(N=[N+]=[N-])(OOC(C)(C)C)CC2)CC1. The van der Waals surface area contributed by atoms with Crippen molar-refractivity contribution in [2.24, 2.45) is 22.1 Å². The first-order valence-electron chi connectivity index (χ1n) is 10.8. The Balaban J connectivity index is 1.94. The number of hydrogen-bond donors (Lipinski definition) is 0. The molecule has 0 bridgehead atoms. The Morgan fingerprint density at radius 2 is 0.967 bits per heavy atom. The largest absolute Gasteiger partial charge is 0.230 e. The molecule has 0 aromatic rings. The number of azide groups is 2. The zero-order chi connectivity index (χ0) is 22.5. The van der Waals surface area contributed by atoms with Gasteiger partial charge in [-0.1, -0.05) is 10.2 Å². The van der Waals surface area contributed by atoms with Crippen LogP contribution in [0, 0.1) is 11.8 Å². The summed E-state index contributed by atoms with van der Waals surface area (Å²) >= 11 is 0. The quantitative estimate of drug-likeness (QED) is 0.145. The van der Waals surface area contributed by atoms with Gasteiger partial charge in [0, 0.05) is 9.82 Å². The second kappa shape index (κ2) is 9.73. The summed E-state index contributed by atoms with van der Waals surface area (Å²) in [4.78, 5) is 28.2. The third kappa shape index (κ3) is 7.30. The van der Waals surface area contributed by atoms with E-state index >= 15 is 0 Å². The van der Waals surface area contributed by atoms with Gasteiger partial charge in [-0.25, -0.2) is 19.6 Å². The van der Waals surface area contributed by atoms with Gasteiger partial charge in [-0.15, -0.1) is 0 Å². The van der Waals surface area contributed by atoms with Gasteiger partial charge < -0.3 is 0 Å². The summed E-state index contributed by atoms with van der Waals surface area (Å²) < 4.78 is 0. The van der Waals surface area contributed by atoms with Gasteiger partial charge in [-0.05, 0) is 116 Å². The maximum Gasteiger partial charge on any atom is 0.182 e. The van der Waals surface area contributed by atoms with Crippen molar-refractivity contribution in [3.05, 3.63) is 20.9 Å². The lowest BCUT2D eigenvalue weighted by Gasteiger charge is -2.43. The monoisotopic (exact) mass is 424 g/mol. The molecule has 0 aromatic carbocycles. The number of rotatable bonds is 7. The van der Waals surface area contributed by atoms with Crippen LogP contribution in [0.3, 0.4) is 0 Å². The molecular formula is C20H36N6O4. The van der Waals surface area contributed by atoms with Crippen LogP contribution < -0.4 is 0 Å². The van der Waals surface area contributed by atoms with E-state index in [2.05, 4.69) is 20.1 Å². The Labute approximate surface area is 178 Å². The fourth-order valence-electron chi connectivity index (χ4n) is 4.09. The smallest absolute Gasteiger partial charge is 0.182 e. The molecule has 10 heteroatoms. The molecule has 2 fully saturated rings. The second-order valence-electron chi connectivity index (χ2n) is 10.5. The molecule has 2 aliphatic rings. The molecule has 30 heavy (non-hydrogen) atoms. The summed E-state index contributed by atoms with van der Waals surface area (Å²) in [5.74, 6) is 0.996. The van der Waals surface area contributed by atoms with Crippen molar-refractivity contribution in [2.75, 3.05) is 0 Å². The summed E-state index contributed by atoms with van der Waals surface area (Å²) in [6, 6.07) is 0. The third-order valence-electron chi connectivity index (χ3n) is 5.64. The Morgan fingerprint density at radius 3 is 1.20 bits per heavy atom. The standard InChI is InChI=1S/C20H36N6O4/c1-17(2,3)27-29-19(23-25-21)11-7-15(8-12-19)16-9-13-20(14-10-16,24-26-22)30-28-18(4,5)6/h15-16H,7-14H2,1-6H3. The van der Waals surface area contributed by atoms with Gasteiger partial charge in [0.2, 0.25) is 0 Å². The van der Waals surface area contributed by atoms with Crippen molar-refractivity contribution in [1.29, 1.82) is 0 Å². The molecule has 0 N–H and O–H groups in total. The lowest BCUT2D eigenvalue weighted by Crippen LogP contribution is -2.42. The molecule has 0 saturated heterocycles. The van der Waals surface area contributed by atoms with Crippen LogP contribution in [0.5, 0.6) is 0 Å². The van der Waals surface area contributed by atoms with E-state index in [0.717, 1.165) is 25.7 Å². The van der Waals surface area contributed by atoms with Crippen molar-refractivity contribution in [2.45, 2.75) is 116 Å². The normalized spacial score (nSPS) is 32.7. The summed E-state index contributed by atoms with van der Waals surface area (Å²) in [6.07, 6.45) is 6.07. The summed E-state index contributed by atoms with van der Waals surface area (Å²) in [5.41, 5.74) is 15.2. The minimum atomic E-state index is -0.939. The Hall–Kier alpha value is -1.54. The fourth-order valence-corrected chi connectivity index (χ4v) is 4.09. The highest BCUT2D eigenvalue weighted by atomic mass is 17.2. The molecule has 170 valence electrons. The molecule has 10 nitrogen and oxygen atoms in total. The van der Waals surface area contributed by atoms with Gasteiger partial charge in [0.1, 0.15) is 0 Å². The van der Waals surface area contributed by atoms with E-state index in [1.165, 1.54) is 0 Å². The molecule has 2 rings (SSSR count). The molecule has 0 aliphatic heterocycles. The lowest BCUT2D eigenvalue weighted by molar-refractivity contribution is -0.410. The molecule has 0 aromatic heterocycles. The lowest BCUT2D eigenvalue weighted by atomic mass is 9.70. The average Bonchev–Trinajstić information content (AvgIpc) is 2.66. The van der Waals surface area contributed by atoms with E-state index in [4.69, 9.17) is 30.6 Å². The van der Waals surface area contributed by atoms with Gasteiger partial charge in [-0.2, -0.15) is 0 Å². The van der Waals surface area contributed by atoms with Crippen LogP contribution in [0.25, 0.3) is 20.9 Å². The molecule has 0 unspecified atom stereocenters. The minimum absolute atomic E-state index is 0.474. The second-order valence-corrected chi connectivity index (χ2v) is 10.5. The van der Waals surface area contributed by atoms with E-state index in [1.807, 2.05) is 41.5 Å². The first-order valence-corrected chi connectivity index (χ1v) is 10.8. The first-order chi connectivity index (χ1) is 13.9. The molecule has 0 atom stereocenters. The molecule has 0 heterocycles. The van der Waals surface area contributed by atoms with Gasteiger partial charge in [0.25, 0.3) is 0 Å². The topological polar surface area (TPSA) is 134 Å². The van der Waals surface area contributed by atoms with Crippen molar-refractivity contribution in [3.8, 4) is 0 Å². The van der Waals surface area contributed by atoms with Crippen LogP contribution in [0.4, 0.5) is 0 Å². The van der Waals surface area contributed by atoms with E-state index < -0.39 is 22.7 Å². The van der Waals surface area contributed by atoms with E-state index in [-0.39, 0.29) is 0 Å². The number of nitrogens with zero attached hydrogens (tertiary/aromatic N) is 6. The summed E-state index contributed by atoms with van der Waals surface area (Å²) in [5, 5.41) is 7.87. The van der Waals surface area contributed by atoms with E-state index in [0.29, 0.717) is 37.5 Å². The van der Waals surface area contributed by atoms with Crippen molar-refractivity contribution in [1.82, 2.24) is 0 Å². The maximum absolute atomic E-state index is 9.00. The van der Waals surface area contributed by atoms with E-state index in [1.54, 1.807) is 0 Å². The summed E-state index contributed by atoms with van der Waals surface area (Å²) in [7, 11) is 0. The molecule has 2 saturated carbocycles. The van der Waals surface area contributed by atoms with Gasteiger partial charge in [0.05, 0.1) is 11.2 Å². The summed E-state index contributed by atoms with van der Waals surface area (Å²) in [6.45, 7) is 11.4. The van der Waals surface area contributed by atoms with Crippen molar-refractivity contribution in [3.63, 3.8) is 0 Å². The minimum Gasteiger partial charge on any atom is -0.230 e. The Morgan fingerprint density at radius 1 is 0.667 bits per heavy atom. The van der Waals surface area contributed by atoms with Gasteiger partial charge in [-0.3, -0.25) is 0 Å². The van der Waals surface area contributed by atoms with Crippen LogP contribution in [-0.2, 0) is 19.6 Å². The van der Waals surface area contributed by atoms with Crippen LogP contribution in [0.15, 0.2) is 10.2 Å². The Bertz CT molecular complexity index is 600. The molecule has 0 amide bonds. The van der Waals surface area contributed by atoms with Gasteiger partial charge >= 0.3 is 0 Å². The maximum atomic E-state index is 9.00. The van der Waals surface area contributed by atoms with E-state index in [9.17, 15) is 0 Å². The highest BCUT2D eigenvalue weighted by Crippen LogP contribution is 2.46. The van der Waals surface area contributed by atoms with Crippen molar-refractivity contribution >= 4 is 0 Å². The predicted molar refractivity (Wildman–Crippen MR) is 112 cm³/mol.